The van der Waals surface area contributed by atoms with Gasteiger partial charge < -0.3 is 15.4 Å². The van der Waals surface area contributed by atoms with Gasteiger partial charge in [-0.3, -0.25) is 19.5 Å². The summed E-state index contributed by atoms with van der Waals surface area (Å²) in [5.41, 5.74) is 0.772. The van der Waals surface area contributed by atoms with E-state index in [0.29, 0.717) is 40.3 Å². The van der Waals surface area contributed by atoms with Crippen molar-refractivity contribution >= 4 is 46.5 Å². The number of rotatable bonds is 8. The van der Waals surface area contributed by atoms with Gasteiger partial charge in [0.25, 0.3) is 11.5 Å². The third-order valence-corrected chi connectivity index (χ3v) is 5.27. The van der Waals surface area contributed by atoms with Crippen molar-refractivity contribution in [2.24, 2.45) is 5.92 Å². The van der Waals surface area contributed by atoms with E-state index in [1.165, 1.54) is 10.8 Å². The van der Waals surface area contributed by atoms with Gasteiger partial charge >= 0.3 is 6.09 Å². The van der Waals surface area contributed by atoms with E-state index in [1.54, 1.807) is 38.1 Å². The van der Waals surface area contributed by atoms with Crippen molar-refractivity contribution in [1.82, 2.24) is 9.88 Å². The number of anilines is 2. The maximum absolute atomic E-state index is 12.8. The number of aromatic nitrogens is 1. The number of hydrogen-bond acceptors (Lipinski definition) is 7. The Hall–Kier alpha value is -3.58. The zero-order valence-corrected chi connectivity index (χ0v) is 19.3. The Morgan fingerprint density at radius 2 is 2.00 bits per heavy atom. The van der Waals surface area contributed by atoms with Crippen LogP contribution >= 0.6 is 11.3 Å². The number of hydrogen-bond donors (Lipinski definition) is 3. The fourth-order valence-corrected chi connectivity index (χ4v) is 3.76. The van der Waals surface area contributed by atoms with E-state index in [-0.39, 0.29) is 17.1 Å². The van der Waals surface area contributed by atoms with Crippen LogP contribution in [0.25, 0.3) is 11.8 Å². The molecule has 1 aromatic heterocycles. The molecule has 0 spiro atoms. The molecule has 9 nitrogen and oxygen atoms in total. The van der Waals surface area contributed by atoms with E-state index in [1.807, 2.05) is 19.9 Å². The molecule has 1 heterocycles. The number of nitrogens with one attached hydrogen (secondary N) is 3. The van der Waals surface area contributed by atoms with Gasteiger partial charge in [-0.25, -0.2) is 4.79 Å². The summed E-state index contributed by atoms with van der Waals surface area (Å²) in [7, 11) is 0. The highest BCUT2D eigenvalue weighted by Gasteiger charge is 2.14. The summed E-state index contributed by atoms with van der Waals surface area (Å²) >= 11 is 1.06. The number of ether oxygens (including phenoxy) is 1. The van der Waals surface area contributed by atoms with Gasteiger partial charge in [-0.1, -0.05) is 19.9 Å². The predicted molar refractivity (Wildman–Crippen MR) is 126 cm³/mol. The van der Waals surface area contributed by atoms with Crippen LogP contribution in [0.4, 0.5) is 16.2 Å². The monoisotopic (exact) mass is 457 g/mol. The van der Waals surface area contributed by atoms with Crippen LogP contribution in [0, 0.1) is 17.2 Å². The molecule has 2 amide bonds. The molecule has 0 aliphatic heterocycles. The molecule has 3 N–H and O–H groups in total. The first-order chi connectivity index (χ1) is 15.3. The molecular weight excluding hydrogens is 430 g/mol. The van der Waals surface area contributed by atoms with Crippen molar-refractivity contribution in [3.63, 3.8) is 0 Å². The first kappa shape index (κ1) is 24.7. The van der Waals surface area contributed by atoms with Gasteiger partial charge in [-0.15, -0.1) is 11.3 Å². The Labute approximate surface area is 190 Å². The summed E-state index contributed by atoms with van der Waals surface area (Å²) in [5, 5.41) is 17.7. The van der Waals surface area contributed by atoms with E-state index in [0.717, 1.165) is 11.3 Å². The number of thiazole rings is 1. The minimum Gasteiger partial charge on any atom is -0.449 e. The topological polar surface area (TPSA) is 125 Å². The average molecular weight is 458 g/mol. The minimum atomic E-state index is -0.543. The van der Waals surface area contributed by atoms with Gasteiger partial charge in [-0.2, -0.15) is 5.26 Å². The predicted octanol–water partition coefficient (Wildman–Crippen LogP) is 1.79. The SMILES string of the molecule is CCNC(=O)/C(C#N)=c1\s/c(=C/Nc2cccc(NC(=O)OCC(C)C)c2)c(=O)n1CC. The second-order valence-corrected chi connectivity index (χ2v) is 8.18. The fraction of sp³-hybridized carbons (Fsp3) is 0.364. The first-order valence-corrected chi connectivity index (χ1v) is 11.0. The summed E-state index contributed by atoms with van der Waals surface area (Å²) in [4.78, 5) is 36.8. The molecule has 0 unspecified atom stereocenters. The van der Waals surface area contributed by atoms with Crippen LogP contribution in [0.5, 0.6) is 0 Å². The molecule has 32 heavy (non-hydrogen) atoms. The van der Waals surface area contributed by atoms with Crippen molar-refractivity contribution in [1.29, 1.82) is 5.26 Å². The normalized spacial score (nSPS) is 12.2. The summed E-state index contributed by atoms with van der Waals surface area (Å²) in [5.74, 6) is -0.279. The Bertz CT molecular complexity index is 1190. The minimum absolute atomic E-state index is 0.0958. The number of carbonyl (C=O) groups excluding carboxylic acids is 2. The van der Waals surface area contributed by atoms with E-state index in [9.17, 15) is 19.6 Å². The lowest BCUT2D eigenvalue weighted by Gasteiger charge is -2.09. The number of carbonyl (C=O) groups is 2. The Kier molecular flexibility index (Phi) is 9.04. The molecule has 0 fully saturated rings. The lowest BCUT2D eigenvalue weighted by Crippen LogP contribution is -2.34. The lowest BCUT2D eigenvalue weighted by atomic mass is 10.2. The zero-order chi connectivity index (χ0) is 23.7. The highest BCUT2D eigenvalue weighted by atomic mass is 32.1. The Balaban J connectivity index is 2.32. The number of nitriles is 1. The van der Waals surface area contributed by atoms with E-state index >= 15 is 0 Å². The van der Waals surface area contributed by atoms with Crippen LogP contribution in [0.1, 0.15) is 27.7 Å². The zero-order valence-electron chi connectivity index (χ0n) is 18.5. The molecule has 0 aliphatic carbocycles. The average Bonchev–Trinajstić information content (AvgIpc) is 3.07. The van der Waals surface area contributed by atoms with Crippen LogP contribution in [-0.2, 0) is 16.1 Å². The highest BCUT2D eigenvalue weighted by Crippen LogP contribution is 2.15. The van der Waals surface area contributed by atoms with E-state index in [2.05, 4.69) is 16.0 Å². The number of amides is 2. The van der Waals surface area contributed by atoms with Gasteiger partial charge in [-0.05, 0) is 38.0 Å². The largest absolute Gasteiger partial charge is 0.449 e. The molecule has 0 saturated carbocycles. The van der Waals surface area contributed by atoms with Crippen molar-refractivity contribution < 1.29 is 14.3 Å². The Morgan fingerprint density at radius 3 is 2.62 bits per heavy atom. The standard InChI is InChI=1S/C22H27N5O4S/c1-5-24-19(28)17(11-23)21-27(6-2)20(29)18(32-21)12-25-15-8-7-9-16(10-15)26-22(30)31-13-14(3)4/h7-10,12,14,25H,5-6,13H2,1-4H3,(H,24,28)(H,26,30)/b18-12+,21-17-. The molecule has 170 valence electrons. The molecular formula is C22H27N5O4S. The second kappa shape index (κ2) is 11.7. The molecule has 0 saturated heterocycles. The summed E-state index contributed by atoms with van der Waals surface area (Å²) in [6.07, 6.45) is 0.976. The van der Waals surface area contributed by atoms with Crippen molar-refractivity contribution in [2.45, 2.75) is 34.2 Å². The van der Waals surface area contributed by atoms with Crippen LogP contribution < -0.4 is 30.7 Å². The van der Waals surface area contributed by atoms with Crippen LogP contribution in [0.3, 0.4) is 0 Å². The summed E-state index contributed by atoms with van der Waals surface area (Å²) in [6, 6.07) is 8.84. The van der Waals surface area contributed by atoms with Gasteiger partial charge in [0.15, 0.2) is 5.57 Å². The maximum atomic E-state index is 12.8. The van der Waals surface area contributed by atoms with Crippen LogP contribution in [-0.4, -0.2) is 29.7 Å². The first-order valence-electron chi connectivity index (χ1n) is 10.2. The fourth-order valence-electron chi connectivity index (χ4n) is 2.67. The van der Waals surface area contributed by atoms with Gasteiger partial charge in [0.05, 0.1) is 6.61 Å². The lowest BCUT2D eigenvalue weighted by molar-refractivity contribution is -0.115. The molecule has 2 rings (SSSR count). The van der Waals surface area contributed by atoms with Crippen molar-refractivity contribution in [3.05, 3.63) is 43.8 Å². The Morgan fingerprint density at radius 1 is 1.28 bits per heavy atom. The second-order valence-electron chi connectivity index (χ2n) is 7.15. The van der Waals surface area contributed by atoms with Gasteiger partial charge in [0.1, 0.15) is 15.3 Å². The van der Waals surface area contributed by atoms with Crippen molar-refractivity contribution in [3.8, 4) is 6.07 Å². The molecule has 0 atom stereocenters. The molecule has 0 aliphatic rings. The molecule has 0 radical (unpaired) electrons. The number of nitrogens with zero attached hydrogens (tertiary/aromatic N) is 2. The van der Waals surface area contributed by atoms with Crippen LogP contribution in [0.2, 0.25) is 0 Å². The summed E-state index contributed by atoms with van der Waals surface area (Å²) in [6.45, 7) is 8.44. The van der Waals surface area contributed by atoms with Crippen LogP contribution in [0.15, 0.2) is 29.1 Å². The molecule has 1 aromatic carbocycles. The van der Waals surface area contributed by atoms with Crippen molar-refractivity contribution in [2.75, 3.05) is 23.8 Å². The van der Waals surface area contributed by atoms with Gasteiger partial charge in [0, 0.05) is 30.7 Å². The van der Waals surface area contributed by atoms with Gasteiger partial charge in [0.2, 0.25) is 0 Å². The maximum Gasteiger partial charge on any atom is 0.411 e. The smallest absolute Gasteiger partial charge is 0.411 e. The molecule has 0 bridgehead atoms. The van der Waals surface area contributed by atoms with E-state index in [4.69, 9.17) is 4.74 Å². The molecule has 2 aromatic rings. The quantitative estimate of drug-likeness (QED) is 0.555. The summed E-state index contributed by atoms with van der Waals surface area (Å²) < 4.78 is 7.15. The third-order valence-electron chi connectivity index (χ3n) is 4.14. The highest BCUT2D eigenvalue weighted by molar-refractivity contribution is 7.07. The van der Waals surface area contributed by atoms with E-state index < -0.39 is 12.0 Å². The molecule has 10 heteroatoms. The number of benzene rings is 1. The third kappa shape index (κ3) is 6.46.